The second-order valence-electron chi connectivity index (χ2n) is 5.48. The minimum atomic E-state index is -0.211. The number of carbonyl (C=O) groups is 2. The molecule has 0 fully saturated rings. The van der Waals surface area contributed by atoms with Crippen LogP contribution in [0.5, 0.6) is 0 Å². The molecule has 28 heavy (non-hydrogen) atoms. The standard InChI is InChI=1S/C9H7.2C4H9NO.2C2H6N.Ti/c1-2-5-9-7-3-6-8(9)4-1;2*1-2-3-4(5)6;2*1-3-2;/h1-7H;2*2-3H2,1H3,(H2,5,6);2*1-2H3;/q-1;;;2*-1;+3. The molecule has 2 aromatic rings. The largest absolute Gasteiger partial charge is 3.00 e. The predicted octanol–water partition coefficient (Wildman–Crippen LogP) is 4.34. The molecule has 0 atom stereocenters. The van der Waals surface area contributed by atoms with Gasteiger partial charge in [-0.2, -0.15) is 45.7 Å². The van der Waals surface area contributed by atoms with Gasteiger partial charge in [-0.25, -0.2) is 0 Å². The molecule has 0 bridgehead atoms. The number of nitrogens with two attached hydrogens (primary N) is 2. The summed E-state index contributed by atoms with van der Waals surface area (Å²) in [5.41, 5.74) is 9.53. The Morgan fingerprint density at radius 1 is 0.857 bits per heavy atom. The molecule has 0 aliphatic heterocycles. The van der Waals surface area contributed by atoms with Gasteiger partial charge in [0, 0.05) is 12.8 Å². The van der Waals surface area contributed by atoms with E-state index in [1.807, 2.05) is 13.8 Å². The van der Waals surface area contributed by atoms with Gasteiger partial charge >= 0.3 is 21.7 Å². The molecule has 0 aliphatic rings. The first kappa shape index (κ1) is 33.9. The van der Waals surface area contributed by atoms with Gasteiger partial charge in [0.05, 0.1) is 0 Å². The van der Waals surface area contributed by atoms with E-state index in [-0.39, 0.29) is 33.5 Å². The number of carbonyl (C=O) groups excluding carboxylic acids is 2. The molecule has 0 aliphatic carbocycles. The Morgan fingerprint density at radius 2 is 1.25 bits per heavy atom. The maximum absolute atomic E-state index is 9.82. The Balaban J connectivity index is -0.000000137. The van der Waals surface area contributed by atoms with Gasteiger partial charge in [-0.15, -0.1) is 29.7 Å². The second kappa shape index (κ2) is 27.6. The maximum Gasteiger partial charge on any atom is 3.00 e. The van der Waals surface area contributed by atoms with E-state index in [4.69, 9.17) is 11.5 Å². The van der Waals surface area contributed by atoms with Crippen molar-refractivity contribution in [3.8, 4) is 0 Å². The number of hydrogen-bond acceptors (Lipinski definition) is 2. The molecule has 1 radical (unpaired) electrons. The molecule has 0 heterocycles. The average Bonchev–Trinajstić information content (AvgIpc) is 3.06. The summed E-state index contributed by atoms with van der Waals surface area (Å²) in [6.45, 7) is 3.84. The minimum absolute atomic E-state index is 0. The zero-order chi connectivity index (χ0) is 21.5. The fraction of sp³-hybridized carbons (Fsp3) is 0.476. The van der Waals surface area contributed by atoms with Crippen LogP contribution in [0.4, 0.5) is 0 Å². The van der Waals surface area contributed by atoms with E-state index in [1.54, 1.807) is 28.2 Å². The topological polar surface area (TPSA) is 114 Å². The molecule has 2 amide bonds. The summed E-state index contributed by atoms with van der Waals surface area (Å²) >= 11 is 0. The van der Waals surface area contributed by atoms with Crippen molar-refractivity contribution in [3.05, 3.63) is 53.1 Å². The third-order valence-corrected chi connectivity index (χ3v) is 2.54. The van der Waals surface area contributed by atoms with E-state index in [2.05, 4.69) is 53.1 Å². The van der Waals surface area contributed by atoms with Crippen molar-refractivity contribution in [2.45, 2.75) is 39.5 Å². The Labute approximate surface area is 186 Å². The molecule has 6 nitrogen and oxygen atoms in total. The molecule has 0 saturated carbocycles. The smallest absolute Gasteiger partial charge is 0.668 e. The summed E-state index contributed by atoms with van der Waals surface area (Å²) in [4.78, 5) is 19.6. The summed E-state index contributed by atoms with van der Waals surface area (Å²) in [5.74, 6) is -0.421. The molecule has 2 rings (SSSR count). The van der Waals surface area contributed by atoms with Crippen LogP contribution >= 0.6 is 0 Å². The van der Waals surface area contributed by atoms with E-state index in [0.29, 0.717) is 12.8 Å². The zero-order valence-electron chi connectivity index (χ0n) is 18.2. The number of rotatable bonds is 4. The molecule has 0 saturated heterocycles. The van der Waals surface area contributed by atoms with Gasteiger partial charge in [0.2, 0.25) is 11.8 Å². The van der Waals surface area contributed by atoms with Crippen molar-refractivity contribution in [2.75, 3.05) is 28.2 Å². The fourth-order valence-corrected chi connectivity index (χ4v) is 1.56. The van der Waals surface area contributed by atoms with Crippen molar-refractivity contribution in [3.63, 3.8) is 0 Å². The maximum atomic E-state index is 9.82. The molecule has 157 valence electrons. The third kappa shape index (κ3) is 29.2. The quantitative estimate of drug-likeness (QED) is 0.560. The van der Waals surface area contributed by atoms with Crippen molar-refractivity contribution in [1.29, 1.82) is 0 Å². The molecular formula is C21H37N4O2Ti. The van der Waals surface area contributed by atoms with Crippen molar-refractivity contribution >= 4 is 22.6 Å². The first-order valence-electron chi connectivity index (χ1n) is 8.97. The molecular weight excluding hydrogens is 388 g/mol. The number of nitrogens with zero attached hydrogens (tertiary/aromatic N) is 2. The van der Waals surface area contributed by atoms with Gasteiger partial charge in [-0.1, -0.05) is 19.9 Å². The summed E-state index contributed by atoms with van der Waals surface area (Å²) < 4.78 is 0. The van der Waals surface area contributed by atoms with Crippen LogP contribution in [-0.4, -0.2) is 40.0 Å². The summed E-state index contributed by atoms with van der Waals surface area (Å²) in [6, 6.07) is 14.7. The van der Waals surface area contributed by atoms with Crippen LogP contribution in [0.2, 0.25) is 0 Å². The Morgan fingerprint density at radius 3 is 1.54 bits per heavy atom. The number of primary amides is 2. The van der Waals surface area contributed by atoms with Crippen molar-refractivity contribution < 1.29 is 31.3 Å². The second-order valence-corrected chi connectivity index (χ2v) is 5.48. The molecule has 0 spiro atoms. The van der Waals surface area contributed by atoms with E-state index in [1.165, 1.54) is 10.8 Å². The van der Waals surface area contributed by atoms with Gasteiger partial charge < -0.3 is 22.1 Å². The number of hydrogen-bond donors (Lipinski definition) is 2. The van der Waals surface area contributed by atoms with E-state index >= 15 is 0 Å². The normalized spacial score (nSPS) is 8.07. The number of benzene rings is 1. The summed E-state index contributed by atoms with van der Waals surface area (Å²) in [7, 11) is 7.00. The predicted molar refractivity (Wildman–Crippen MR) is 118 cm³/mol. The molecule has 2 aromatic carbocycles. The Bertz CT molecular complexity index is 526. The van der Waals surface area contributed by atoms with E-state index in [9.17, 15) is 9.59 Å². The minimum Gasteiger partial charge on any atom is -0.668 e. The summed E-state index contributed by atoms with van der Waals surface area (Å²) in [6.07, 6.45) is 2.74. The van der Waals surface area contributed by atoms with Crippen LogP contribution in [0.3, 0.4) is 0 Å². The van der Waals surface area contributed by atoms with E-state index < -0.39 is 0 Å². The number of amides is 2. The van der Waals surface area contributed by atoms with Crippen molar-refractivity contribution in [2.24, 2.45) is 11.5 Å². The fourth-order valence-electron chi connectivity index (χ4n) is 1.56. The Kier molecular flexibility index (Phi) is 33.5. The third-order valence-electron chi connectivity index (χ3n) is 2.54. The van der Waals surface area contributed by atoms with Crippen LogP contribution in [0, 0.1) is 0 Å². The van der Waals surface area contributed by atoms with E-state index in [0.717, 1.165) is 12.8 Å². The first-order valence-corrected chi connectivity index (χ1v) is 8.97. The number of fused-ring (bicyclic) bond motifs is 1. The molecule has 4 N–H and O–H groups in total. The SMILES string of the molecule is CCCC(N)=O.CCCC(N)=O.C[N-]C.C[N-]C.[Ti+3].c1ccc2[cH-]ccc2c1. The zero-order valence-corrected chi connectivity index (χ0v) is 19.8. The molecule has 0 unspecified atom stereocenters. The summed E-state index contributed by atoms with van der Waals surface area (Å²) in [5, 5.41) is 9.66. The van der Waals surface area contributed by atoms with Gasteiger partial charge in [0.25, 0.3) is 0 Å². The molecule has 7 heteroatoms. The van der Waals surface area contributed by atoms with Crippen LogP contribution in [0.1, 0.15) is 39.5 Å². The van der Waals surface area contributed by atoms with Gasteiger partial charge in [-0.05, 0) is 12.8 Å². The monoisotopic (exact) mass is 425 g/mol. The van der Waals surface area contributed by atoms with Gasteiger partial charge in [0.15, 0.2) is 0 Å². The van der Waals surface area contributed by atoms with Crippen LogP contribution in [-0.2, 0) is 31.3 Å². The van der Waals surface area contributed by atoms with Crippen molar-refractivity contribution in [1.82, 2.24) is 0 Å². The van der Waals surface area contributed by atoms with Crippen LogP contribution in [0.25, 0.3) is 21.4 Å². The van der Waals surface area contributed by atoms with Gasteiger partial charge in [-0.3, -0.25) is 9.59 Å². The molecule has 0 aromatic heterocycles. The van der Waals surface area contributed by atoms with Gasteiger partial charge in [0.1, 0.15) is 0 Å². The first-order chi connectivity index (χ1) is 12.8. The average molecular weight is 425 g/mol. The van der Waals surface area contributed by atoms with Crippen LogP contribution in [0.15, 0.2) is 42.5 Å². The van der Waals surface area contributed by atoms with Crippen LogP contribution < -0.4 is 11.5 Å². The Hall–Kier alpha value is -1.60.